The van der Waals surface area contributed by atoms with Gasteiger partial charge in [-0.15, -0.1) is 0 Å². The Morgan fingerprint density at radius 2 is 2.14 bits per heavy atom. The van der Waals surface area contributed by atoms with Crippen molar-refractivity contribution in [1.82, 2.24) is 4.57 Å². The van der Waals surface area contributed by atoms with Crippen LogP contribution in [0.3, 0.4) is 0 Å². The minimum Gasteiger partial charge on any atom is -0.478 e. The molecule has 0 saturated carbocycles. The van der Waals surface area contributed by atoms with Crippen molar-refractivity contribution in [2.24, 2.45) is 0 Å². The lowest BCUT2D eigenvalue weighted by atomic mass is 10.2. The maximum Gasteiger partial charge on any atom is 0.337 e. The minimum absolute atomic E-state index is 0.0230. The predicted molar refractivity (Wildman–Crippen MR) is 43.7 cm³/mol. The SMILES string of the molecule is Cc1cc(C(=O)O)cn(C(F)F)c1=O. The highest BCUT2D eigenvalue weighted by Gasteiger charge is 2.13. The number of hydrogen-bond acceptors (Lipinski definition) is 2. The lowest BCUT2D eigenvalue weighted by Crippen LogP contribution is -2.23. The van der Waals surface area contributed by atoms with E-state index in [2.05, 4.69) is 0 Å². The third-order valence-corrected chi connectivity index (χ3v) is 1.68. The number of carboxylic acid groups (broad SMARTS) is 1. The maximum absolute atomic E-state index is 12.2. The number of carbonyl (C=O) groups is 1. The molecule has 0 aliphatic heterocycles. The summed E-state index contributed by atoms with van der Waals surface area (Å²) < 4.78 is 24.5. The molecular formula is C8H7F2NO3. The summed E-state index contributed by atoms with van der Waals surface area (Å²) in [6.45, 7) is -1.74. The minimum atomic E-state index is -3.03. The van der Waals surface area contributed by atoms with Crippen LogP contribution < -0.4 is 5.56 Å². The molecule has 1 aromatic rings. The zero-order valence-corrected chi connectivity index (χ0v) is 7.20. The summed E-state index contributed by atoms with van der Waals surface area (Å²) in [6.07, 6.45) is 0.627. The molecule has 6 heteroatoms. The number of carboxylic acids is 1. The van der Waals surface area contributed by atoms with Crippen LogP contribution in [0.2, 0.25) is 0 Å². The summed E-state index contributed by atoms with van der Waals surface area (Å²) in [4.78, 5) is 21.6. The van der Waals surface area contributed by atoms with Crippen molar-refractivity contribution in [3.63, 3.8) is 0 Å². The van der Waals surface area contributed by atoms with Crippen molar-refractivity contribution in [3.05, 3.63) is 33.7 Å². The van der Waals surface area contributed by atoms with Crippen molar-refractivity contribution >= 4 is 5.97 Å². The third-order valence-electron chi connectivity index (χ3n) is 1.68. The third kappa shape index (κ3) is 1.78. The van der Waals surface area contributed by atoms with Crippen molar-refractivity contribution in [2.75, 3.05) is 0 Å². The average Bonchev–Trinajstić information content (AvgIpc) is 2.08. The zero-order chi connectivity index (χ0) is 10.9. The van der Waals surface area contributed by atoms with E-state index in [0.717, 1.165) is 6.07 Å². The van der Waals surface area contributed by atoms with Crippen LogP contribution in [0.5, 0.6) is 0 Å². The number of hydrogen-bond donors (Lipinski definition) is 1. The molecule has 1 rings (SSSR count). The van der Waals surface area contributed by atoms with Crippen molar-refractivity contribution in [3.8, 4) is 0 Å². The molecule has 0 spiro atoms. The van der Waals surface area contributed by atoms with E-state index in [1.165, 1.54) is 6.92 Å². The summed E-state index contributed by atoms with van der Waals surface area (Å²) in [5.41, 5.74) is -1.24. The Morgan fingerprint density at radius 3 is 2.57 bits per heavy atom. The van der Waals surface area contributed by atoms with Crippen molar-refractivity contribution < 1.29 is 18.7 Å². The Kier molecular flexibility index (Phi) is 2.64. The molecule has 76 valence electrons. The first-order valence-corrected chi connectivity index (χ1v) is 3.67. The molecule has 0 aliphatic rings. The van der Waals surface area contributed by atoms with Crippen LogP contribution >= 0.6 is 0 Å². The smallest absolute Gasteiger partial charge is 0.337 e. The Bertz CT molecular complexity index is 425. The fourth-order valence-corrected chi connectivity index (χ4v) is 1.01. The molecule has 0 aliphatic carbocycles. The second-order valence-corrected chi connectivity index (χ2v) is 2.71. The van der Waals surface area contributed by atoms with E-state index in [4.69, 9.17) is 5.11 Å². The van der Waals surface area contributed by atoms with E-state index in [1.807, 2.05) is 0 Å². The van der Waals surface area contributed by atoms with Gasteiger partial charge in [0.15, 0.2) is 0 Å². The number of alkyl halides is 2. The van der Waals surface area contributed by atoms with Crippen LogP contribution in [0, 0.1) is 6.92 Å². The first-order chi connectivity index (χ1) is 6.43. The molecule has 0 aromatic carbocycles. The summed E-state index contributed by atoms with van der Waals surface area (Å²) in [7, 11) is 0. The van der Waals surface area contributed by atoms with Gasteiger partial charge in [-0.25, -0.2) is 4.79 Å². The predicted octanol–water partition coefficient (Wildman–Crippen LogP) is 1.25. The van der Waals surface area contributed by atoms with Crippen LogP contribution in [-0.4, -0.2) is 15.6 Å². The Morgan fingerprint density at radius 1 is 1.57 bits per heavy atom. The summed E-state index contributed by atoms with van der Waals surface area (Å²) in [5, 5.41) is 8.55. The summed E-state index contributed by atoms with van der Waals surface area (Å²) in [5.74, 6) is -1.34. The van der Waals surface area contributed by atoms with Gasteiger partial charge < -0.3 is 5.11 Å². The van der Waals surface area contributed by atoms with Gasteiger partial charge >= 0.3 is 12.5 Å². The van der Waals surface area contributed by atoms with Gasteiger partial charge in [0.25, 0.3) is 5.56 Å². The Balaban J connectivity index is 3.43. The number of aromatic nitrogens is 1. The quantitative estimate of drug-likeness (QED) is 0.786. The summed E-state index contributed by atoms with van der Waals surface area (Å²) >= 11 is 0. The molecule has 0 saturated heterocycles. The van der Waals surface area contributed by atoms with E-state index in [1.54, 1.807) is 0 Å². The number of pyridine rings is 1. The van der Waals surface area contributed by atoms with Gasteiger partial charge in [0.05, 0.1) is 5.56 Å². The van der Waals surface area contributed by atoms with Crippen LogP contribution in [0.4, 0.5) is 8.78 Å². The first kappa shape index (κ1) is 10.4. The number of aryl methyl sites for hydroxylation is 1. The van der Waals surface area contributed by atoms with Gasteiger partial charge in [-0.05, 0) is 13.0 Å². The van der Waals surface area contributed by atoms with E-state index in [0.29, 0.717) is 6.20 Å². The van der Waals surface area contributed by atoms with Crippen LogP contribution in [-0.2, 0) is 0 Å². The fraction of sp³-hybridized carbons (Fsp3) is 0.250. The van der Waals surface area contributed by atoms with Crippen molar-refractivity contribution in [1.29, 1.82) is 0 Å². The van der Waals surface area contributed by atoms with Gasteiger partial charge in [0, 0.05) is 11.8 Å². The van der Waals surface area contributed by atoms with Crippen LogP contribution in [0.1, 0.15) is 22.5 Å². The molecule has 0 fully saturated rings. The van der Waals surface area contributed by atoms with Gasteiger partial charge in [0.2, 0.25) is 0 Å². The Labute approximate surface area is 77.4 Å². The van der Waals surface area contributed by atoms with Gasteiger partial charge in [0.1, 0.15) is 0 Å². The van der Waals surface area contributed by atoms with E-state index in [9.17, 15) is 18.4 Å². The van der Waals surface area contributed by atoms with E-state index in [-0.39, 0.29) is 15.7 Å². The number of nitrogens with zero attached hydrogens (tertiary/aromatic N) is 1. The molecule has 1 aromatic heterocycles. The lowest BCUT2D eigenvalue weighted by molar-refractivity contribution is 0.0633. The second kappa shape index (κ2) is 3.57. The molecule has 4 nitrogen and oxygen atoms in total. The normalized spacial score (nSPS) is 10.6. The zero-order valence-electron chi connectivity index (χ0n) is 7.20. The molecule has 14 heavy (non-hydrogen) atoms. The highest BCUT2D eigenvalue weighted by Crippen LogP contribution is 2.09. The standard InChI is InChI=1S/C8H7F2NO3/c1-4-2-5(7(13)14)3-11(6(4)12)8(9)10/h2-3,8H,1H3,(H,13,14). The number of halogens is 2. The fourth-order valence-electron chi connectivity index (χ4n) is 1.01. The molecule has 0 amide bonds. The molecule has 1 N–H and O–H groups in total. The van der Waals surface area contributed by atoms with Gasteiger partial charge in [-0.3, -0.25) is 9.36 Å². The maximum atomic E-state index is 12.2. The van der Waals surface area contributed by atoms with E-state index >= 15 is 0 Å². The molecule has 1 heterocycles. The van der Waals surface area contributed by atoms with Gasteiger partial charge in [-0.1, -0.05) is 0 Å². The largest absolute Gasteiger partial charge is 0.478 e. The van der Waals surface area contributed by atoms with Gasteiger partial charge in [-0.2, -0.15) is 8.78 Å². The topological polar surface area (TPSA) is 59.3 Å². The van der Waals surface area contributed by atoms with E-state index < -0.39 is 18.1 Å². The molecule has 0 atom stereocenters. The monoisotopic (exact) mass is 203 g/mol. The summed E-state index contributed by atoms with van der Waals surface area (Å²) in [6, 6.07) is 1.06. The first-order valence-electron chi connectivity index (χ1n) is 3.67. The molecular weight excluding hydrogens is 196 g/mol. The number of rotatable bonds is 2. The Hall–Kier alpha value is -1.72. The van der Waals surface area contributed by atoms with Crippen molar-refractivity contribution in [2.45, 2.75) is 13.5 Å². The highest BCUT2D eigenvalue weighted by molar-refractivity contribution is 5.87. The lowest BCUT2D eigenvalue weighted by Gasteiger charge is -2.06. The molecule has 0 radical (unpaired) electrons. The van der Waals surface area contributed by atoms with Crippen LogP contribution in [0.25, 0.3) is 0 Å². The average molecular weight is 203 g/mol. The number of aromatic carboxylic acids is 1. The van der Waals surface area contributed by atoms with Crippen LogP contribution in [0.15, 0.2) is 17.1 Å². The highest BCUT2D eigenvalue weighted by atomic mass is 19.3. The second-order valence-electron chi connectivity index (χ2n) is 2.71. The molecule has 0 unspecified atom stereocenters. The molecule has 0 bridgehead atoms.